The minimum Gasteiger partial charge on any atom is -0.389 e. The lowest BCUT2D eigenvalue weighted by molar-refractivity contribution is -0.167. The minimum absolute atomic E-state index is 0.231. The van der Waals surface area contributed by atoms with Crippen LogP contribution in [-0.2, 0) is 4.74 Å². The summed E-state index contributed by atoms with van der Waals surface area (Å²) < 4.78 is 5.64. The third-order valence-electron chi connectivity index (χ3n) is 3.61. The summed E-state index contributed by atoms with van der Waals surface area (Å²) >= 11 is 0. The van der Waals surface area contributed by atoms with Gasteiger partial charge < -0.3 is 9.84 Å². The van der Waals surface area contributed by atoms with Crippen molar-refractivity contribution in [3.8, 4) is 0 Å². The van der Waals surface area contributed by atoms with Crippen LogP contribution in [0.5, 0.6) is 0 Å². The molecule has 0 amide bonds. The Bertz CT molecular complexity index is 177. The first kappa shape index (κ1) is 9.47. The number of ether oxygens (including phenoxy) is 1. The molecule has 1 heterocycles. The van der Waals surface area contributed by atoms with E-state index in [0.717, 1.165) is 12.8 Å². The predicted octanol–water partition coefficient (Wildman–Crippen LogP) is 2.10. The van der Waals surface area contributed by atoms with Gasteiger partial charge in [-0.1, -0.05) is 6.42 Å². The van der Waals surface area contributed by atoms with Crippen LogP contribution in [0, 0.1) is 5.92 Å². The minimum atomic E-state index is -0.407. The fourth-order valence-electron chi connectivity index (χ4n) is 2.85. The highest BCUT2D eigenvalue weighted by molar-refractivity contribution is 4.96. The van der Waals surface area contributed by atoms with Crippen molar-refractivity contribution >= 4 is 0 Å². The normalized spacial score (nSPS) is 47.3. The van der Waals surface area contributed by atoms with E-state index in [-0.39, 0.29) is 12.2 Å². The first-order chi connectivity index (χ1) is 6.10. The molecule has 2 aliphatic rings. The Morgan fingerprint density at radius 3 is 2.08 bits per heavy atom. The molecule has 0 radical (unpaired) electrons. The Morgan fingerprint density at radius 2 is 1.69 bits per heavy atom. The van der Waals surface area contributed by atoms with Crippen molar-refractivity contribution in [2.45, 2.75) is 63.8 Å². The maximum absolute atomic E-state index is 10.5. The van der Waals surface area contributed by atoms with Crippen LogP contribution in [0.25, 0.3) is 0 Å². The summed E-state index contributed by atoms with van der Waals surface area (Å²) in [5, 5.41) is 10.5. The second kappa shape index (κ2) is 3.25. The Labute approximate surface area is 80.3 Å². The summed E-state index contributed by atoms with van der Waals surface area (Å²) in [5.41, 5.74) is -0.407. The van der Waals surface area contributed by atoms with E-state index in [1.807, 2.05) is 0 Å². The van der Waals surface area contributed by atoms with Gasteiger partial charge in [-0.05, 0) is 32.6 Å². The zero-order chi connectivity index (χ0) is 9.47. The second-order valence-electron chi connectivity index (χ2n) is 4.90. The molecule has 2 fully saturated rings. The van der Waals surface area contributed by atoms with Gasteiger partial charge in [-0.25, -0.2) is 0 Å². The molecule has 13 heavy (non-hydrogen) atoms. The summed E-state index contributed by atoms with van der Waals surface area (Å²) in [4.78, 5) is 0. The maximum atomic E-state index is 10.5. The van der Waals surface area contributed by atoms with Gasteiger partial charge in [-0.2, -0.15) is 0 Å². The SMILES string of the molecule is CC1CC(O)(C2CCC2)CC(C)O1. The van der Waals surface area contributed by atoms with Gasteiger partial charge in [-0.3, -0.25) is 0 Å². The van der Waals surface area contributed by atoms with Crippen molar-refractivity contribution in [3.05, 3.63) is 0 Å². The van der Waals surface area contributed by atoms with Gasteiger partial charge in [0.1, 0.15) is 0 Å². The fourth-order valence-corrected chi connectivity index (χ4v) is 2.85. The molecule has 0 aromatic heterocycles. The zero-order valence-electron chi connectivity index (χ0n) is 8.62. The van der Waals surface area contributed by atoms with Crippen molar-refractivity contribution in [2.75, 3.05) is 0 Å². The van der Waals surface area contributed by atoms with E-state index in [2.05, 4.69) is 13.8 Å². The van der Waals surface area contributed by atoms with E-state index in [0.29, 0.717) is 5.92 Å². The van der Waals surface area contributed by atoms with E-state index in [1.165, 1.54) is 19.3 Å². The summed E-state index contributed by atoms with van der Waals surface area (Å²) in [6.45, 7) is 4.14. The van der Waals surface area contributed by atoms with Gasteiger partial charge in [0.2, 0.25) is 0 Å². The Morgan fingerprint density at radius 1 is 1.15 bits per heavy atom. The highest BCUT2D eigenvalue weighted by atomic mass is 16.5. The first-order valence-corrected chi connectivity index (χ1v) is 5.48. The fraction of sp³-hybridized carbons (Fsp3) is 1.00. The average Bonchev–Trinajstić information content (AvgIpc) is 1.75. The number of hydrogen-bond donors (Lipinski definition) is 1. The van der Waals surface area contributed by atoms with E-state index in [4.69, 9.17) is 4.74 Å². The monoisotopic (exact) mass is 184 g/mol. The summed E-state index contributed by atoms with van der Waals surface area (Å²) in [7, 11) is 0. The van der Waals surface area contributed by atoms with E-state index in [9.17, 15) is 5.11 Å². The van der Waals surface area contributed by atoms with Crippen LogP contribution < -0.4 is 0 Å². The van der Waals surface area contributed by atoms with E-state index < -0.39 is 5.60 Å². The van der Waals surface area contributed by atoms with E-state index in [1.54, 1.807) is 0 Å². The number of hydrogen-bond acceptors (Lipinski definition) is 2. The molecule has 2 unspecified atom stereocenters. The molecule has 2 rings (SSSR count). The van der Waals surface area contributed by atoms with Gasteiger partial charge in [-0.15, -0.1) is 0 Å². The van der Waals surface area contributed by atoms with Crippen molar-refractivity contribution < 1.29 is 9.84 Å². The molecule has 1 N–H and O–H groups in total. The zero-order valence-corrected chi connectivity index (χ0v) is 8.62. The average molecular weight is 184 g/mol. The Hall–Kier alpha value is -0.0800. The molecular weight excluding hydrogens is 164 g/mol. The third kappa shape index (κ3) is 1.75. The lowest BCUT2D eigenvalue weighted by Gasteiger charge is -2.47. The lowest BCUT2D eigenvalue weighted by atomic mass is 9.67. The molecule has 0 spiro atoms. The summed E-state index contributed by atoms with van der Waals surface area (Å²) in [6.07, 6.45) is 5.87. The Balaban J connectivity index is 2.02. The van der Waals surface area contributed by atoms with Gasteiger partial charge in [0.25, 0.3) is 0 Å². The van der Waals surface area contributed by atoms with Crippen LogP contribution in [0.15, 0.2) is 0 Å². The van der Waals surface area contributed by atoms with Gasteiger partial charge in [0, 0.05) is 12.8 Å². The van der Waals surface area contributed by atoms with Crippen LogP contribution in [-0.4, -0.2) is 22.9 Å². The van der Waals surface area contributed by atoms with E-state index >= 15 is 0 Å². The molecule has 2 atom stereocenters. The van der Waals surface area contributed by atoms with Crippen LogP contribution in [0.4, 0.5) is 0 Å². The molecule has 1 saturated heterocycles. The number of aliphatic hydroxyl groups is 1. The molecule has 1 aliphatic carbocycles. The second-order valence-corrected chi connectivity index (χ2v) is 4.90. The molecule has 0 bridgehead atoms. The largest absolute Gasteiger partial charge is 0.389 e. The molecular formula is C11H20O2. The molecule has 0 aromatic carbocycles. The highest BCUT2D eigenvalue weighted by Crippen LogP contribution is 2.44. The van der Waals surface area contributed by atoms with Gasteiger partial charge in [0.05, 0.1) is 17.8 Å². The molecule has 0 aromatic rings. The van der Waals surface area contributed by atoms with Crippen LogP contribution in [0.3, 0.4) is 0 Å². The third-order valence-corrected chi connectivity index (χ3v) is 3.61. The topological polar surface area (TPSA) is 29.5 Å². The molecule has 2 heteroatoms. The first-order valence-electron chi connectivity index (χ1n) is 5.48. The quantitative estimate of drug-likeness (QED) is 0.676. The molecule has 1 saturated carbocycles. The summed E-state index contributed by atoms with van der Waals surface area (Å²) in [6, 6.07) is 0. The lowest BCUT2D eigenvalue weighted by Crippen LogP contribution is -2.50. The number of rotatable bonds is 1. The Kier molecular flexibility index (Phi) is 2.37. The van der Waals surface area contributed by atoms with Crippen molar-refractivity contribution in [1.29, 1.82) is 0 Å². The van der Waals surface area contributed by atoms with Crippen molar-refractivity contribution in [2.24, 2.45) is 5.92 Å². The van der Waals surface area contributed by atoms with Crippen molar-refractivity contribution in [1.82, 2.24) is 0 Å². The smallest absolute Gasteiger partial charge is 0.0724 e. The van der Waals surface area contributed by atoms with Crippen LogP contribution in [0.2, 0.25) is 0 Å². The molecule has 2 nitrogen and oxygen atoms in total. The molecule has 1 aliphatic heterocycles. The van der Waals surface area contributed by atoms with Gasteiger partial charge >= 0.3 is 0 Å². The van der Waals surface area contributed by atoms with Crippen molar-refractivity contribution in [3.63, 3.8) is 0 Å². The maximum Gasteiger partial charge on any atom is 0.0724 e. The van der Waals surface area contributed by atoms with Gasteiger partial charge in [0.15, 0.2) is 0 Å². The van der Waals surface area contributed by atoms with Crippen LogP contribution in [0.1, 0.15) is 46.0 Å². The summed E-state index contributed by atoms with van der Waals surface area (Å²) in [5.74, 6) is 0.557. The predicted molar refractivity (Wildman–Crippen MR) is 51.5 cm³/mol. The van der Waals surface area contributed by atoms with Crippen LogP contribution >= 0.6 is 0 Å². The molecule has 76 valence electrons. The highest BCUT2D eigenvalue weighted by Gasteiger charge is 2.44. The standard InChI is InChI=1S/C11H20O2/c1-8-6-11(12,7-9(2)13-8)10-4-3-5-10/h8-10,12H,3-7H2,1-2H3.